The molecule has 1 fully saturated rings. The maximum absolute atomic E-state index is 11.8. The Kier molecular flexibility index (Phi) is 3.61. The van der Waals surface area contributed by atoms with Gasteiger partial charge in [0, 0.05) is 6.04 Å². The maximum Gasteiger partial charge on any atom is 0.415 e. The van der Waals surface area contributed by atoms with Crippen molar-refractivity contribution in [2.75, 3.05) is 6.54 Å². The molecule has 0 radical (unpaired) electrons. The summed E-state index contributed by atoms with van der Waals surface area (Å²) in [5, 5.41) is 10.2. The molecule has 2 N–H and O–H groups in total. The van der Waals surface area contributed by atoms with Gasteiger partial charge in [0.15, 0.2) is 0 Å². The third-order valence-corrected chi connectivity index (χ3v) is 2.30. The Morgan fingerprint density at radius 2 is 1.94 bits per heavy atom. The highest BCUT2D eigenvalue weighted by molar-refractivity contribution is 5.90. The summed E-state index contributed by atoms with van der Waals surface area (Å²) < 4.78 is 35.4. The fourth-order valence-corrected chi connectivity index (χ4v) is 1.31. The summed E-state index contributed by atoms with van der Waals surface area (Å²) in [6.07, 6.45) is -4.28. The third kappa shape index (κ3) is 3.28. The highest BCUT2D eigenvalue weighted by Crippen LogP contribution is 2.25. The van der Waals surface area contributed by atoms with Crippen molar-refractivity contribution in [2.24, 2.45) is 0 Å². The molecule has 92 valence electrons. The number of urea groups is 1. The van der Waals surface area contributed by atoms with Gasteiger partial charge >= 0.3 is 18.3 Å². The summed E-state index contributed by atoms with van der Waals surface area (Å²) in [5.41, 5.74) is 0. The topological polar surface area (TPSA) is 69.6 Å². The minimum Gasteiger partial charge on any atom is -0.465 e. The van der Waals surface area contributed by atoms with E-state index >= 15 is 0 Å². The van der Waals surface area contributed by atoms with Gasteiger partial charge < -0.3 is 10.4 Å². The van der Waals surface area contributed by atoms with Crippen molar-refractivity contribution < 1.29 is 27.9 Å². The average molecular weight is 240 g/mol. The molecular weight excluding hydrogens is 229 g/mol. The Labute approximate surface area is 89.2 Å². The number of nitrogens with one attached hydrogen (secondary N) is 1. The largest absolute Gasteiger partial charge is 0.465 e. The van der Waals surface area contributed by atoms with Gasteiger partial charge in [-0.25, -0.2) is 14.5 Å². The molecule has 0 unspecified atom stereocenters. The van der Waals surface area contributed by atoms with Crippen LogP contribution in [-0.4, -0.2) is 40.9 Å². The number of carbonyl (C=O) groups excluding carboxylic acids is 1. The molecule has 0 aliphatic heterocycles. The molecule has 1 saturated carbocycles. The molecule has 0 aromatic rings. The van der Waals surface area contributed by atoms with E-state index in [-0.39, 0.29) is 0 Å². The molecule has 3 amide bonds. The predicted octanol–water partition coefficient (Wildman–Crippen LogP) is 1.79. The van der Waals surface area contributed by atoms with Gasteiger partial charge in [-0.2, -0.15) is 13.2 Å². The fourth-order valence-electron chi connectivity index (χ4n) is 1.31. The lowest BCUT2D eigenvalue weighted by molar-refractivity contribution is -0.123. The van der Waals surface area contributed by atoms with Crippen molar-refractivity contribution in [1.82, 2.24) is 10.2 Å². The molecule has 16 heavy (non-hydrogen) atoms. The van der Waals surface area contributed by atoms with E-state index in [1.165, 1.54) is 5.32 Å². The number of carbonyl (C=O) groups is 2. The number of amides is 3. The molecule has 0 saturated heterocycles. The first-order chi connectivity index (χ1) is 7.31. The van der Waals surface area contributed by atoms with Crippen LogP contribution >= 0.6 is 0 Å². The van der Waals surface area contributed by atoms with Crippen LogP contribution in [0.25, 0.3) is 0 Å². The van der Waals surface area contributed by atoms with Crippen molar-refractivity contribution >= 4 is 12.1 Å². The molecule has 0 aromatic heterocycles. The lowest BCUT2D eigenvalue weighted by Crippen LogP contribution is -2.52. The summed E-state index contributed by atoms with van der Waals surface area (Å²) >= 11 is 0. The molecule has 1 rings (SSSR count). The van der Waals surface area contributed by atoms with Crippen molar-refractivity contribution in [3.8, 4) is 0 Å². The van der Waals surface area contributed by atoms with E-state index in [0.29, 0.717) is 17.7 Å². The van der Waals surface area contributed by atoms with Crippen molar-refractivity contribution in [3.05, 3.63) is 0 Å². The van der Waals surface area contributed by atoms with Crippen LogP contribution in [0.5, 0.6) is 0 Å². The molecular formula is C8H11F3N2O3. The van der Waals surface area contributed by atoms with Gasteiger partial charge in [0.05, 0.1) is 0 Å². The van der Waals surface area contributed by atoms with Gasteiger partial charge in [0.25, 0.3) is 0 Å². The highest BCUT2D eigenvalue weighted by Gasteiger charge is 2.35. The molecule has 5 nitrogen and oxygen atoms in total. The second-order valence-corrected chi connectivity index (χ2v) is 3.51. The van der Waals surface area contributed by atoms with Gasteiger partial charge in [-0.15, -0.1) is 0 Å². The molecule has 0 atom stereocenters. The van der Waals surface area contributed by atoms with Crippen LogP contribution in [-0.2, 0) is 0 Å². The molecule has 0 aromatic carbocycles. The Morgan fingerprint density at radius 3 is 2.25 bits per heavy atom. The molecule has 0 heterocycles. The van der Waals surface area contributed by atoms with Crippen molar-refractivity contribution in [1.29, 1.82) is 0 Å². The number of imide groups is 1. The van der Waals surface area contributed by atoms with Gasteiger partial charge in [-0.1, -0.05) is 0 Å². The van der Waals surface area contributed by atoms with E-state index in [1.807, 2.05) is 0 Å². The maximum atomic E-state index is 11.8. The molecule has 8 heteroatoms. The second-order valence-electron chi connectivity index (χ2n) is 3.51. The number of hydrogen-bond acceptors (Lipinski definition) is 2. The normalized spacial score (nSPS) is 16.4. The van der Waals surface area contributed by atoms with E-state index < -0.39 is 30.9 Å². The number of nitrogens with zero attached hydrogens (tertiary/aromatic N) is 1. The van der Waals surface area contributed by atoms with Crippen molar-refractivity contribution in [3.63, 3.8) is 0 Å². The van der Waals surface area contributed by atoms with Crippen LogP contribution in [0.3, 0.4) is 0 Å². The molecule has 0 spiro atoms. The zero-order valence-electron chi connectivity index (χ0n) is 8.25. The first kappa shape index (κ1) is 12.6. The molecule has 0 bridgehead atoms. The van der Waals surface area contributed by atoms with Gasteiger partial charge in [0.2, 0.25) is 0 Å². The third-order valence-electron chi connectivity index (χ3n) is 2.30. The van der Waals surface area contributed by atoms with Crippen molar-refractivity contribution in [2.45, 2.75) is 31.5 Å². The number of rotatable bonds is 2. The van der Waals surface area contributed by atoms with Crippen LogP contribution in [0.4, 0.5) is 22.8 Å². The van der Waals surface area contributed by atoms with Crippen LogP contribution < -0.4 is 5.32 Å². The Balaban J connectivity index is 2.51. The zero-order valence-corrected chi connectivity index (χ0v) is 8.25. The quantitative estimate of drug-likeness (QED) is 0.773. The molecule has 1 aliphatic carbocycles. The number of carboxylic acid groups (broad SMARTS) is 1. The minimum atomic E-state index is -4.54. The van der Waals surface area contributed by atoms with E-state index in [9.17, 15) is 22.8 Å². The Morgan fingerprint density at radius 1 is 1.38 bits per heavy atom. The lowest BCUT2D eigenvalue weighted by Gasteiger charge is -2.33. The smallest absolute Gasteiger partial charge is 0.415 e. The standard InChI is InChI=1S/C8H11F3N2O3/c9-8(10,11)4-12-6(14)13(7(15)16)5-2-1-3-5/h5H,1-4H2,(H,12,14)(H,15,16). The zero-order chi connectivity index (χ0) is 12.3. The Hall–Kier alpha value is -1.47. The first-order valence-electron chi connectivity index (χ1n) is 4.68. The fraction of sp³-hybridized carbons (Fsp3) is 0.750. The monoisotopic (exact) mass is 240 g/mol. The summed E-state index contributed by atoms with van der Waals surface area (Å²) in [6, 6.07) is -1.71. The van der Waals surface area contributed by atoms with E-state index in [0.717, 1.165) is 6.42 Å². The van der Waals surface area contributed by atoms with Gasteiger partial charge in [-0.3, -0.25) is 0 Å². The van der Waals surface area contributed by atoms with Crippen LogP contribution in [0.15, 0.2) is 0 Å². The summed E-state index contributed by atoms with van der Waals surface area (Å²) in [5.74, 6) is 0. The summed E-state index contributed by atoms with van der Waals surface area (Å²) in [7, 11) is 0. The van der Waals surface area contributed by atoms with E-state index in [4.69, 9.17) is 5.11 Å². The van der Waals surface area contributed by atoms with E-state index in [1.54, 1.807) is 0 Å². The lowest BCUT2D eigenvalue weighted by atomic mass is 9.92. The number of alkyl halides is 3. The minimum absolute atomic E-state index is 0.426. The van der Waals surface area contributed by atoms with Gasteiger partial charge in [0.1, 0.15) is 6.54 Å². The van der Waals surface area contributed by atoms with Crippen LogP contribution in [0, 0.1) is 0 Å². The first-order valence-corrected chi connectivity index (χ1v) is 4.68. The Bertz CT molecular complexity index is 289. The van der Waals surface area contributed by atoms with E-state index in [2.05, 4.69) is 0 Å². The number of halogens is 3. The second kappa shape index (κ2) is 4.58. The summed E-state index contributed by atoms with van der Waals surface area (Å²) in [6.45, 7) is -1.53. The number of hydrogen-bond donors (Lipinski definition) is 2. The van der Waals surface area contributed by atoms with Crippen LogP contribution in [0.2, 0.25) is 0 Å². The predicted molar refractivity (Wildman–Crippen MR) is 47.0 cm³/mol. The molecule has 1 aliphatic rings. The SMILES string of the molecule is O=C(O)N(C(=O)NCC(F)(F)F)C1CCC1. The highest BCUT2D eigenvalue weighted by atomic mass is 19.4. The van der Waals surface area contributed by atoms with Gasteiger partial charge in [-0.05, 0) is 19.3 Å². The van der Waals surface area contributed by atoms with Crippen LogP contribution in [0.1, 0.15) is 19.3 Å². The average Bonchev–Trinajstić information content (AvgIpc) is 2.05. The summed E-state index contributed by atoms with van der Waals surface area (Å²) in [4.78, 5) is 22.3.